The molecule has 0 saturated heterocycles. The van der Waals surface area contributed by atoms with Crippen LogP contribution in [0.5, 0.6) is 11.5 Å². The van der Waals surface area contributed by atoms with Crippen molar-refractivity contribution < 1.29 is 18.7 Å². The number of fused-ring (bicyclic) bond motifs is 1. The third-order valence-electron chi connectivity index (χ3n) is 5.70. The number of benzene rings is 3. The van der Waals surface area contributed by atoms with E-state index in [0.717, 1.165) is 16.7 Å². The van der Waals surface area contributed by atoms with Crippen LogP contribution in [0.2, 0.25) is 5.02 Å². The minimum Gasteiger partial charge on any atom is -0.493 e. The van der Waals surface area contributed by atoms with Gasteiger partial charge in [-0.2, -0.15) is 0 Å². The Kier molecular flexibility index (Phi) is 6.14. The predicted molar refractivity (Wildman–Crippen MR) is 118 cm³/mol. The molecule has 1 heterocycles. The molecule has 0 spiro atoms. The first-order valence-corrected chi connectivity index (χ1v) is 10.4. The quantitative estimate of drug-likeness (QED) is 0.547. The van der Waals surface area contributed by atoms with Crippen LogP contribution in [-0.2, 0) is 17.6 Å². The number of rotatable bonds is 5. The summed E-state index contributed by atoms with van der Waals surface area (Å²) < 4.78 is 25.3. The average molecular weight is 440 g/mol. The molecule has 31 heavy (non-hydrogen) atoms. The van der Waals surface area contributed by atoms with Crippen molar-refractivity contribution in [3.63, 3.8) is 0 Å². The molecule has 6 heteroatoms. The molecular formula is C25H23ClFNO3. The molecule has 1 aliphatic heterocycles. The summed E-state index contributed by atoms with van der Waals surface area (Å²) in [7, 11) is 3.20. The Morgan fingerprint density at radius 1 is 1.06 bits per heavy atom. The van der Waals surface area contributed by atoms with Gasteiger partial charge in [0.25, 0.3) is 0 Å². The lowest BCUT2D eigenvalue weighted by Gasteiger charge is -2.38. The SMILES string of the molecule is COc1cc2c(cc1OC)[C@H](c1ccccc1)N(C(=O)Cc1c(F)cccc1Cl)CC2. The summed E-state index contributed by atoms with van der Waals surface area (Å²) in [5.41, 5.74) is 3.27. The number of halogens is 2. The summed E-state index contributed by atoms with van der Waals surface area (Å²) in [6, 6.07) is 17.9. The maximum Gasteiger partial charge on any atom is 0.227 e. The zero-order chi connectivity index (χ0) is 22.0. The zero-order valence-corrected chi connectivity index (χ0v) is 18.2. The van der Waals surface area contributed by atoms with Crippen LogP contribution in [0.15, 0.2) is 60.7 Å². The first kappa shape index (κ1) is 21.2. The fourth-order valence-electron chi connectivity index (χ4n) is 4.16. The normalized spacial score (nSPS) is 15.4. The number of nitrogens with zero attached hydrogens (tertiary/aromatic N) is 1. The summed E-state index contributed by atoms with van der Waals surface area (Å²) in [6.45, 7) is 0.507. The molecule has 0 radical (unpaired) electrons. The smallest absolute Gasteiger partial charge is 0.227 e. The standard InChI is InChI=1S/C25H23ClFNO3/c1-30-22-13-17-11-12-28(24(29)15-19-20(26)9-6-10-21(19)27)25(16-7-4-3-5-8-16)18(17)14-23(22)31-2/h3-10,13-14,25H,11-12,15H2,1-2H3/t25-/m0/s1. The van der Waals surface area contributed by atoms with Gasteiger partial charge in [-0.25, -0.2) is 4.39 Å². The fraction of sp³-hybridized carbons (Fsp3) is 0.240. The third kappa shape index (κ3) is 4.10. The minimum absolute atomic E-state index is 0.0997. The van der Waals surface area contributed by atoms with Gasteiger partial charge in [0, 0.05) is 17.1 Å². The highest BCUT2D eigenvalue weighted by molar-refractivity contribution is 6.31. The van der Waals surface area contributed by atoms with E-state index in [1.54, 1.807) is 25.2 Å². The van der Waals surface area contributed by atoms with E-state index < -0.39 is 5.82 Å². The maximum atomic E-state index is 14.3. The van der Waals surface area contributed by atoms with Gasteiger partial charge >= 0.3 is 0 Å². The molecule has 0 saturated carbocycles. The summed E-state index contributed by atoms with van der Waals surface area (Å²) in [5, 5.41) is 0.258. The van der Waals surface area contributed by atoms with E-state index in [4.69, 9.17) is 21.1 Å². The average Bonchev–Trinajstić information content (AvgIpc) is 2.80. The molecule has 3 aromatic carbocycles. The number of carbonyl (C=O) groups excluding carboxylic acids is 1. The second-order valence-electron chi connectivity index (χ2n) is 7.43. The van der Waals surface area contributed by atoms with E-state index >= 15 is 0 Å². The first-order valence-electron chi connectivity index (χ1n) is 10.1. The van der Waals surface area contributed by atoms with Crippen LogP contribution in [0, 0.1) is 5.82 Å². The second-order valence-corrected chi connectivity index (χ2v) is 7.84. The molecule has 4 rings (SSSR count). The van der Waals surface area contributed by atoms with Crippen LogP contribution in [0.4, 0.5) is 4.39 Å². The Labute approximate surface area is 186 Å². The Balaban J connectivity index is 1.77. The number of carbonyl (C=O) groups is 1. The fourth-order valence-corrected chi connectivity index (χ4v) is 4.39. The number of ether oxygens (including phenoxy) is 2. The number of methoxy groups -OCH3 is 2. The molecular weight excluding hydrogens is 417 g/mol. The molecule has 1 atom stereocenters. The van der Waals surface area contributed by atoms with Gasteiger partial charge in [-0.05, 0) is 47.4 Å². The second kappa shape index (κ2) is 8.98. The summed E-state index contributed by atoms with van der Waals surface area (Å²) >= 11 is 6.18. The minimum atomic E-state index is -0.471. The monoisotopic (exact) mass is 439 g/mol. The summed E-state index contributed by atoms with van der Waals surface area (Å²) in [5.74, 6) is 0.613. The highest BCUT2D eigenvalue weighted by Crippen LogP contribution is 2.41. The van der Waals surface area contributed by atoms with Crippen molar-refractivity contribution in [2.45, 2.75) is 18.9 Å². The molecule has 0 aromatic heterocycles. The van der Waals surface area contributed by atoms with Gasteiger partial charge in [0.2, 0.25) is 5.91 Å². The van der Waals surface area contributed by atoms with Gasteiger partial charge in [0.1, 0.15) is 5.82 Å². The van der Waals surface area contributed by atoms with Gasteiger partial charge in [0.05, 0.1) is 26.7 Å². The summed E-state index contributed by atoms with van der Waals surface area (Å²) in [6.07, 6.45) is 0.563. The topological polar surface area (TPSA) is 38.8 Å². The van der Waals surface area contributed by atoms with Crippen LogP contribution in [0.1, 0.15) is 28.3 Å². The molecule has 0 N–H and O–H groups in total. The van der Waals surface area contributed by atoms with Crippen LogP contribution in [-0.4, -0.2) is 31.6 Å². The van der Waals surface area contributed by atoms with Gasteiger partial charge in [-0.15, -0.1) is 0 Å². The molecule has 1 amide bonds. The Morgan fingerprint density at radius 3 is 2.45 bits per heavy atom. The van der Waals surface area contributed by atoms with E-state index in [1.165, 1.54) is 12.1 Å². The Hall–Kier alpha value is -3.05. The molecule has 0 unspecified atom stereocenters. The van der Waals surface area contributed by atoms with Crippen molar-refractivity contribution >= 4 is 17.5 Å². The lowest BCUT2D eigenvalue weighted by atomic mass is 9.87. The summed E-state index contributed by atoms with van der Waals surface area (Å²) in [4.78, 5) is 15.2. The van der Waals surface area contributed by atoms with E-state index in [0.29, 0.717) is 24.5 Å². The third-order valence-corrected chi connectivity index (χ3v) is 6.05. The highest BCUT2D eigenvalue weighted by Gasteiger charge is 2.33. The molecule has 1 aliphatic rings. The first-order chi connectivity index (χ1) is 15.0. The number of amides is 1. The predicted octanol–water partition coefficient (Wildman–Crippen LogP) is 5.21. The van der Waals surface area contributed by atoms with Gasteiger partial charge < -0.3 is 14.4 Å². The number of hydrogen-bond acceptors (Lipinski definition) is 3. The van der Waals surface area contributed by atoms with E-state index in [2.05, 4.69) is 0 Å². The largest absolute Gasteiger partial charge is 0.493 e. The maximum absolute atomic E-state index is 14.3. The van der Waals surface area contributed by atoms with Crippen molar-refractivity contribution in [3.8, 4) is 11.5 Å². The van der Waals surface area contributed by atoms with Gasteiger partial charge in [-0.3, -0.25) is 4.79 Å². The van der Waals surface area contributed by atoms with E-state index in [-0.39, 0.29) is 29.0 Å². The van der Waals surface area contributed by atoms with Gasteiger partial charge in [-0.1, -0.05) is 48.0 Å². The molecule has 0 fully saturated rings. The van der Waals surface area contributed by atoms with Crippen LogP contribution in [0.25, 0.3) is 0 Å². The lowest BCUT2D eigenvalue weighted by molar-refractivity contribution is -0.132. The van der Waals surface area contributed by atoms with Crippen molar-refractivity contribution in [2.75, 3.05) is 20.8 Å². The molecule has 4 nitrogen and oxygen atoms in total. The van der Waals surface area contributed by atoms with Crippen molar-refractivity contribution in [1.29, 1.82) is 0 Å². The molecule has 3 aromatic rings. The van der Waals surface area contributed by atoms with E-state index in [9.17, 15) is 9.18 Å². The highest BCUT2D eigenvalue weighted by atomic mass is 35.5. The van der Waals surface area contributed by atoms with Crippen molar-refractivity contribution in [1.82, 2.24) is 4.90 Å². The lowest BCUT2D eigenvalue weighted by Crippen LogP contribution is -2.41. The Bertz CT molecular complexity index is 1080. The zero-order valence-electron chi connectivity index (χ0n) is 17.4. The van der Waals surface area contributed by atoms with Crippen LogP contribution < -0.4 is 9.47 Å². The molecule has 160 valence electrons. The molecule has 0 aliphatic carbocycles. The molecule has 0 bridgehead atoms. The van der Waals surface area contributed by atoms with Crippen LogP contribution in [0.3, 0.4) is 0 Å². The van der Waals surface area contributed by atoms with Crippen LogP contribution >= 0.6 is 11.6 Å². The van der Waals surface area contributed by atoms with E-state index in [1.807, 2.05) is 42.5 Å². The van der Waals surface area contributed by atoms with Crippen molar-refractivity contribution in [2.24, 2.45) is 0 Å². The van der Waals surface area contributed by atoms with Gasteiger partial charge in [0.15, 0.2) is 11.5 Å². The number of hydrogen-bond donors (Lipinski definition) is 0. The van der Waals surface area contributed by atoms with Crippen molar-refractivity contribution in [3.05, 3.63) is 93.8 Å². The Morgan fingerprint density at radius 2 is 1.77 bits per heavy atom.